The number of halogens is 1. The summed E-state index contributed by atoms with van der Waals surface area (Å²) in [4.78, 5) is 28.8. The normalized spacial score (nSPS) is 10.8. The lowest BCUT2D eigenvalue weighted by Gasteiger charge is -2.10. The maximum absolute atomic E-state index is 12.4. The van der Waals surface area contributed by atoms with E-state index in [0.29, 0.717) is 34.0 Å². The molecule has 2 aromatic carbocycles. The summed E-state index contributed by atoms with van der Waals surface area (Å²) in [5.74, 6) is -0.243. The Balaban J connectivity index is 1.98. The van der Waals surface area contributed by atoms with Gasteiger partial charge in [-0.3, -0.25) is 9.59 Å². The van der Waals surface area contributed by atoms with Crippen LogP contribution in [0.2, 0.25) is 5.02 Å². The number of hydrogen-bond acceptors (Lipinski definition) is 3. The van der Waals surface area contributed by atoms with E-state index in [4.69, 9.17) is 11.6 Å². The lowest BCUT2D eigenvalue weighted by molar-refractivity contribution is 0.102. The molecule has 0 unspecified atom stereocenters. The number of nitrogens with zero attached hydrogens (tertiary/aromatic N) is 2. The summed E-state index contributed by atoms with van der Waals surface area (Å²) in [7, 11) is 0. The first-order chi connectivity index (χ1) is 11.5. The molecule has 0 radical (unpaired) electrons. The number of rotatable bonds is 3. The maximum Gasteiger partial charge on any atom is 0.272 e. The standard InChI is InChI=1S/C18H16ClN3O2/c1-3-22-16-9-4-12(10-15(16)20-11(2)18(22)24)17(23)21-14-7-5-13(19)6-8-14/h4-10H,3H2,1-2H3,(H,21,23). The fraction of sp³-hybridized carbons (Fsp3) is 0.167. The van der Waals surface area contributed by atoms with Gasteiger partial charge in [-0.15, -0.1) is 0 Å². The van der Waals surface area contributed by atoms with Crippen LogP contribution in [-0.2, 0) is 6.54 Å². The van der Waals surface area contributed by atoms with E-state index in [2.05, 4.69) is 10.3 Å². The number of carbonyl (C=O) groups is 1. The average Bonchev–Trinajstić information content (AvgIpc) is 2.57. The number of hydrogen-bond donors (Lipinski definition) is 1. The summed E-state index contributed by atoms with van der Waals surface area (Å²) in [6.07, 6.45) is 0. The summed E-state index contributed by atoms with van der Waals surface area (Å²) in [5.41, 5.74) is 2.79. The van der Waals surface area contributed by atoms with Gasteiger partial charge in [0.2, 0.25) is 0 Å². The number of nitrogens with one attached hydrogen (secondary N) is 1. The van der Waals surface area contributed by atoms with E-state index < -0.39 is 0 Å². The Kier molecular flexibility index (Phi) is 4.36. The van der Waals surface area contributed by atoms with Crippen molar-refractivity contribution < 1.29 is 4.79 Å². The Morgan fingerprint density at radius 3 is 2.58 bits per heavy atom. The molecule has 5 nitrogen and oxygen atoms in total. The van der Waals surface area contributed by atoms with Crippen LogP contribution in [0, 0.1) is 6.92 Å². The van der Waals surface area contributed by atoms with Crippen molar-refractivity contribution in [2.45, 2.75) is 20.4 Å². The minimum absolute atomic E-state index is 0.108. The van der Waals surface area contributed by atoms with Crippen LogP contribution >= 0.6 is 11.6 Å². The zero-order chi connectivity index (χ0) is 17.3. The molecule has 0 saturated heterocycles. The highest BCUT2D eigenvalue weighted by Gasteiger charge is 2.11. The van der Waals surface area contributed by atoms with E-state index in [-0.39, 0.29) is 11.5 Å². The molecule has 0 aliphatic rings. The minimum atomic E-state index is -0.243. The van der Waals surface area contributed by atoms with Gasteiger partial charge in [-0.2, -0.15) is 0 Å². The Morgan fingerprint density at radius 1 is 1.21 bits per heavy atom. The van der Waals surface area contributed by atoms with Crippen molar-refractivity contribution in [1.29, 1.82) is 0 Å². The van der Waals surface area contributed by atoms with Crippen LogP contribution in [0.15, 0.2) is 47.3 Å². The fourth-order valence-corrected chi connectivity index (χ4v) is 2.69. The first-order valence-electron chi connectivity index (χ1n) is 7.57. The van der Waals surface area contributed by atoms with Gasteiger partial charge in [0.25, 0.3) is 11.5 Å². The number of amides is 1. The topological polar surface area (TPSA) is 64.0 Å². The van der Waals surface area contributed by atoms with Crippen molar-refractivity contribution in [3.8, 4) is 0 Å². The van der Waals surface area contributed by atoms with Gasteiger partial charge in [-0.05, 0) is 56.3 Å². The largest absolute Gasteiger partial charge is 0.322 e. The Morgan fingerprint density at radius 2 is 1.92 bits per heavy atom. The number of fused-ring (bicyclic) bond motifs is 1. The van der Waals surface area contributed by atoms with Crippen LogP contribution in [0.3, 0.4) is 0 Å². The van der Waals surface area contributed by atoms with Crippen molar-refractivity contribution in [1.82, 2.24) is 9.55 Å². The van der Waals surface area contributed by atoms with Crippen LogP contribution in [-0.4, -0.2) is 15.5 Å². The zero-order valence-electron chi connectivity index (χ0n) is 13.3. The second kappa shape index (κ2) is 6.45. The molecule has 1 aromatic heterocycles. The second-order valence-corrected chi connectivity index (χ2v) is 5.85. The highest BCUT2D eigenvalue weighted by molar-refractivity contribution is 6.30. The number of aromatic nitrogens is 2. The summed E-state index contributed by atoms with van der Waals surface area (Å²) >= 11 is 5.84. The van der Waals surface area contributed by atoms with Gasteiger partial charge in [0, 0.05) is 22.8 Å². The maximum atomic E-state index is 12.4. The molecule has 3 rings (SSSR count). The van der Waals surface area contributed by atoms with E-state index in [1.54, 1.807) is 54.0 Å². The molecule has 0 aliphatic carbocycles. The molecule has 1 N–H and O–H groups in total. The van der Waals surface area contributed by atoms with Crippen molar-refractivity contribution in [2.75, 3.05) is 5.32 Å². The molecule has 1 heterocycles. The SMILES string of the molecule is CCn1c(=O)c(C)nc2cc(C(=O)Nc3ccc(Cl)cc3)ccc21. The summed E-state index contributed by atoms with van der Waals surface area (Å²) in [6, 6.07) is 12.0. The number of anilines is 1. The monoisotopic (exact) mass is 341 g/mol. The molecule has 0 bridgehead atoms. The highest BCUT2D eigenvalue weighted by Crippen LogP contribution is 2.17. The van der Waals surface area contributed by atoms with Gasteiger partial charge < -0.3 is 9.88 Å². The number of carbonyl (C=O) groups excluding carboxylic acids is 1. The van der Waals surface area contributed by atoms with Crippen LogP contribution < -0.4 is 10.9 Å². The molecule has 1 amide bonds. The highest BCUT2D eigenvalue weighted by atomic mass is 35.5. The Hall–Kier alpha value is -2.66. The van der Waals surface area contributed by atoms with Gasteiger partial charge in [0.05, 0.1) is 11.0 Å². The summed E-state index contributed by atoms with van der Waals surface area (Å²) < 4.78 is 1.65. The molecule has 3 aromatic rings. The van der Waals surface area contributed by atoms with E-state index in [0.717, 1.165) is 5.52 Å². The van der Waals surface area contributed by atoms with E-state index in [1.807, 2.05) is 6.92 Å². The van der Waals surface area contributed by atoms with E-state index in [1.165, 1.54) is 0 Å². The third-order valence-corrected chi connectivity index (χ3v) is 4.04. The van der Waals surface area contributed by atoms with Gasteiger partial charge in [0.1, 0.15) is 5.69 Å². The first-order valence-corrected chi connectivity index (χ1v) is 7.95. The smallest absolute Gasteiger partial charge is 0.272 e. The molecular weight excluding hydrogens is 326 g/mol. The van der Waals surface area contributed by atoms with Gasteiger partial charge in [-0.25, -0.2) is 4.98 Å². The summed E-state index contributed by atoms with van der Waals surface area (Å²) in [6.45, 7) is 4.13. The van der Waals surface area contributed by atoms with Crippen molar-refractivity contribution >= 4 is 34.2 Å². The first kappa shape index (κ1) is 16.2. The average molecular weight is 342 g/mol. The van der Waals surface area contributed by atoms with Crippen LogP contribution in [0.1, 0.15) is 23.0 Å². The molecular formula is C18H16ClN3O2. The minimum Gasteiger partial charge on any atom is -0.322 e. The van der Waals surface area contributed by atoms with Gasteiger partial charge >= 0.3 is 0 Å². The molecule has 0 fully saturated rings. The third kappa shape index (κ3) is 3.03. The van der Waals surface area contributed by atoms with Crippen molar-refractivity contribution in [3.63, 3.8) is 0 Å². The predicted octanol–water partition coefficient (Wildman–Crippen LogP) is 3.63. The number of benzene rings is 2. The van der Waals surface area contributed by atoms with Gasteiger partial charge in [-0.1, -0.05) is 11.6 Å². The summed E-state index contributed by atoms with van der Waals surface area (Å²) in [5, 5.41) is 3.42. The Bertz CT molecular complexity index is 978. The molecule has 0 atom stereocenters. The quantitative estimate of drug-likeness (QED) is 0.791. The van der Waals surface area contributed by atoms with E-state index in [9.17, 15) is 9.59 Å². The van der Waals surface area contributed by atoms with Crippen molar-refractivity contribution in [2.24, 2.45) is 0 Å². The molecule has 24 heavy (non-hydrogen) atoms. The fourth-order valence-electron chi connectivity index (χ4n) is 2.57. The van der Waals surface area contributed by atoms with Crippen LogP contribution in [0.25, 0.3) is 11.0 Å². The lowest BCUT2D eigenvalue weighted by atomic mass is 10.1. The van der Waals surface area contributed by atoms with Gasteiger partial charge in [0.15, 0.2) is 0 Å². The third-order valence-electron chi connectivity index (χ3n) is 3.79. The van der Waals surface area contributed by atoms with Crippen molar-refractivity contribution in [3.05, 3.63) is 69.1 Å². The molecule has 0 saturated carbocycles. The molecule has 6 heteroatoms. The second-order valence-electron chi connectivity index (χ2n) is 5.41. The zero-order valence-corrected chi connectivity index (χ0v) is 14.1. The Labute approximate surface area is 143 Å². The predicted molar refractivity (Wildman–Crippen MR) is 95.8 cm³/mol. The van der Waals surface area contributed by atoms with Crippen LogP contribution in [0.4, 0.5) is 5.69 Å². The molecule has 0 aliphatic heterocycles. The lowest BCUT2D eigenvalue weighted by Crippen LogP contribution is -2.23. The van der Waals surface area contributed by atoms with E-state index >= 15 is 0 Å². The number of aryl methyl sites for hydroxylation is 2. The van der Waals surface area contributed by atoms with Crippen LogP contribution in [0.5, 0.6) is 0 Å². The molecule has 122 valence electrons. The molecule has 0 spiro atoms.